The number of ether oxygens (including phenoxy) is 1. The van der Waals surface area contributed by atoms with Crippen LogP contribution in [0, 0.1) is 0 Å². The molecular weight excluding hydrogens is 160 g/mol. The lowest BCUT2D eigenvalue weighted by atomic mass is 10.3. The van der Waals surface area contributed by atoms with Crippen molar-refractivity contribution in [2.24, 2.45) is 0 Å². The molecule has 0 radical (unpaired) electrons. The van der Waals surface area contributed by atoms with E-state index < -0.39 is 6.16 Å². The molecule has 4 heteroatoms. The molecule has 0 aromatic heterocycles. The van der Waals surface area contributed by atoms with Gasteiger partial charge in [0.05, 0.1) is 0 Å². The van der Waals surface area contributed by atoms with Crippen molar-refractivity contribution in [1.82, 2.24) is 0 Å². The van der Waals surface area contributed by atoms with Crippen LogP contribution in [0.2, 0.25) is 0 Å². The molecule has 0 aromatic rings. The topological polar surface area (TPSA) is 66.8 Å². The second-order valence-electron chi connectivity index (χ2n) is 1.94. The van der Waals surface area contributed by atoms with Gasteiger partial charge in [-0.2, -0.15) is 0 Å². The first-order valence-corrected chi connectivity index (χ1v) is 3.71. The first-order chi connectivity index (χ1) is 5.65. The lowest BCUT2D eigenvalue weighted by Gasteiger charge is -1.88. The maximum atomic E-state index is 8.56. The molecule has 0 aromatic carbocycles. The van der Waals surface area contributed by atoms with Crippen molar-refractivity contribution >= 4 is 6.16 Å². The highest BCUT2D eigenvalue weighted by Crippen LogP contribution is 1.85. The highest BCUT2D eigenvalue weighted by molar-refractivity contribution is 5.53. The minimum Gasteiger partial charge on any atom is -0.450 e. The summed E-state index contributed by atoms with van der Waals surface area (Å²) in [6.07, 6.45) is 4.64. The molecule has 0 saturated heterocycles. The smallest absolute Gasteiger partial charge is 0.450 e. The highest BCUT2D eigenvalue weighted by atomic mass is 16.6. The van der Waals surface area contributed by atoms with E-state index in [2.05, 4.69) is 19.1 Å². The van der Waals surface area contributed by atoms with Crippen LogP contribution in [0.1, 0.15) is 19.8 Å². The quantitative estimate of drug-likeness (QED) is 0.509. The Balaban J connectivity index is 0. The maximum absolute atomic E-state index is 8.56. The van der Waals surface area contributed by atoms with E-state index in [0.29, 0.717) is 0 Å². The first kappa shape index (κ1) is 13.6. The van der Waals surface area contributed by atoms with Crippen molar-refractivity contribution in [2.45, 2.75) is 19.8 Å². The zero-order valence-electron chi connectivity index (χ0n) is 7.49. The number of hydrogen-bond donors (Lipinski definition) is 2. The number of rotatable bonds is 4. The third-order valence-corrected chi connectivity index (χ3v) is 0.891. The third kappa shape index (κ3) is 36.2. The molecule has 0 amide bonds. The van der Waals surface area contributed by atoms with Crippen LogP contribution in [0.4, 0.5) is 4.79 Å². The Labute approximate surface area is 72.5 Å². The van der Waals surface area contributed by atoms with Gasteiger partial charge in [0, 0.05) is 13.7 Å². The van der Waals surface area contributed by atoms with Gasteiger partial charge in [-0.05, 0) is 12.8 Å². The largest absolute Gasteiger partial charge is 0.503 e. The molecule has 2 N–H and O–H groups in total. The Morgan fingerprint density at radius 1 is 1.42 bits per heavy atom. The molecule has 72 valence electrons. The van der Waals surface area contributed by atoms with E-state index in [1.54, 1.807) is 7.11 Å². The number of carbonyl (C=O) groups is 1. The molecule has 0 unspecified atom stereocenters. The van der Waals surface area contributed by atoms with Gasteiger partial charge in [-0.25, -0.2) is 4.79 Å². The van der Waals surface area contributed by atoms with E-state index in [0.717, 1.165) is 19.4 Å². The molecule has 0 saturated carbocycles. The Morgan fingerprint density at radius 3 is 2.25 bits per heavy atom. The van der Waals surface area contributed by atoms with Crippen molar-refractivity contribution in [3.63, 3.8) is 0 Å². The Hall–Kier alpha value is -1.03. The summed E-state index contributed by atoms with van der Waals surface area (Å²) in [6, 6.07) is 0. The van der Waals surface area contributed by atoms with Gasteiger partial charge in [-0.3, -0.25) is 0 Å². The van der Waals surface area contributed by atoms with E-state index in [4.69, 9.17) is 19.7 Å². The summed E-state index contributed by atoms with van der Waals surface area (Å²) in [5.74, 6) is 0. The van der Waals surface area contributed by atoms with E-state index in [1.165, 1.54) is 0 Å². The lowest BCUT2D eigenvalue weighted by molar-refractivity contribution is 0.137. The summed E-state index contributed by atoms with van der Waals surface area (Å²) >= 11 is 0. The molecule has 0 bridgehead atoms. The van der Waals surface area contributed by atoms with E-state index in [1.807, 2.05) is 0 Å². The molecule has 0 fully saturated rings. The average molecular weight is 176 g/mol. The molecular formula is C8H16O4. The van der Waals surface area contributed by atoms with E-state index >= 15 is 0 Å². The van der Waals surface area contributed by atoms with Crippen LogP contribution in [0.5, 0.6) is 0 Å². The molecule has 0 aliphatic heterocycles. The lowest BCUT2D eigenvalue weighted by Crippen LogP contribution is -1.82. The van der Waals surface area contributed by atoms with Crippen molar-refractivity contribution in [3.05, 3.63) is 12.2 Å². The standard InChI is InChI=1S/C7H14O.CH2O3/c1-3-4-5-6-7-8-2;2-1(3)4/h4-5H,3,6-7H2,1-2H3;(H2,2,3,4). The van der Waals surface area contributed by atoms with Gasteiger partial charge >= 0.3 is 6.16 Å². The zero-order valence-corrected chi connectivity index (χ0v) is 7.49. The van der Waals surface area contributed by atoms with Gasteiger partial charge in [0.25, 0.3) is 0 Å². The second-order valence-corrected chi connectivity index (χ2v) is 1.94. The molecule has 0 spiro atoms. The summed E-state index contributed by atoms with van der Waals surface area (Å²) in [5, 5.41) is 13.9. The van der Waals surface area contributed by atoms with Crippen molar-refractivity contribution < 1.29 is 19.7 Å². The highest BCUT2D eigenvalue weighted by Gasteiger charge is 1.73. The Kier molecular flexibility index (Phi) is 14.3. The van der Waals surface area contributed by atoms with Crippen LogP contribution in [0.15, 0.2) is 12.2 Å². The second kappa shape index (κ2) is 12.6. The van der Waals surface area contributed by atoms with Crippen molar-refractivity contribution in [3.8, 4) is 0 Å². The van der Waals surface area contributed by atoms with Gasteiger partial charge in [-0.15, -0.1) is 0 Å². The molecule has 0 aliphatic rings. The van der Waals surface area contributed by atoms with E-state index in [-0.39, 0.29) is 0 Å². The molecule has 12 heavy (non-hydrogen) atoms. The van der Waals surface area contributed by atoms with Gasteiger partial charge < -0.3 is 14.9 Å². The summed E-state index contributed by atoms with van der Waals surface area (Å²) in [5.41, 5.74) is 0. The predicted octanol–water partition coefficient (Wildman–Crippen LogP) is 2.21. The zero-order chi connectivity index (χ0) is 9.82. The fourth-order valence-corrected chi connectivity index (χ4v) is 0.470. The first-order valence-electron chi connectivity index (χ1n) is 3.71. The average Bonchev–Trinajstić information content (AvgIpc) is 1.97. The molecule has 0 aliphatic carbocycles. The summed E-state index contributed by atoms with van der Waals surface area (Å²) in [7, 11) is 1.72. The van der Waals surface area contributed by atoms with Crippen LogP contribution in [0.3, 0.4) is 0 Å². The Bertz CT molecular complexity index is 116. The van der Waals surface area contributed by atoms with Crippen LogP contribution < -0.4 is 0 Å². The van der Waals surface area contributed by atoms with Crippen molar-refractivity contribution in [1.29, 1.82) is 0 Å². The molecule has 4 nitrogen and oxygen atoms in total. The third-order valence-electron chi connectivity index (χ3n) is 0.891. The summed E-state index contributed by atoms with van der Waals surface area (Å²) in [4.78, 5) is 8.56. The predicted molar refractivity (Wildman–Crippen MR) is 46.6 cm³/mol. The summed E-state index contributed by atoms with van der Waals surface area (Å²) in [6.45, 7) is 2.97. The molecule has 0 atom stereocenters. The van der Waals surface area contributed by atoms with Gasteiger partial charge in [-0.1, -0.05) is 19.1 Å². The molecule has 0 rings (SSSR count). The minimum absolute atomic E-state index is 0.844. The SMILES string of the molecule is CCC=CCCOC.O=C(O)O. The normalized spacial score (nSPS) is 9.17. The number of allylic oxidation sites excluding steroid dienone is 1. The molecule has 0 heterocycles. The van der Waals surface area contributed by atoms with Crippen LogP contribution >= 0.6 is 0 Å². The minimum atomic E-state index is -1.83. The van der Waals surface area contributed by atoms with E-state index in [9.17, 15) is 0 Å². The van der Waals surface area contributed by atoms with Gasteiger partial charge in [0.1, 0.15) is 0 Å². The monoisotopic (exact) mass is 176 g/mol. The Morgan fingerprint density at radius 2 is 1.92 bits per heavy atom. The van der Waals surface area contributed by atoms with Gasteiger partial charge in [0.15, 0.2) is 0 Å². The van der Waals surface area contributed by atoms with Crippen LogP contribution in [0.25, 0.3) is 0 Å². The summed E-state index contributed by atoms with van der Waals surface area (Å²) < 4.78 is 4.84. The maximum Gasteiger partial charge on any atom is 0.503 e. The fraction of sp³-hybridized carbons (Fsp3) is 0.625. The van der Waals surface area contributed by atoms with Crippen LogP contribution in [-0.2, 0) is 4.74 Å². The fourth-order valence-electron chi connectivity index (χ4n) is 0.470. The number of carboxylic acid groups (broad SMARTS) is 2. The van der Waals surface area contributed by atoms with Crippen LogP contribution in [-0.4, -0.2) is 30.1 Å². The van der Waals surface area contributed by atoms with Crippen molar-refractivity contribution in [2.75, 3.05) is 13.7 Å². The number of hydrogen-bond acceptors (Lipinski definition) is 2. The number of methoxy groups -OCH3 is 1. The van der Waals surface area contributed by atoms with Gasteiger partial charge in [0.2, 0.25) is 0 Å².